The summed E-state index contributed by atoms with van der Waals surface area (Å²) in [4.78, 5) is 9.78. The molecule has 0 fully saturated rings. The lowest BCUT2D eigenvalue weighted by Crippen LogP contribution is -1.95. The van der Waals surface area contributed by atoms with Gasteiger partial charge in [0, 0.05) is 4.47 Å². The van der Waals surface area contributed by atoms with Gasteiger partial charge in [-0.05, 0) is 6.07 Å². The number of halogens is 3. The van der Waals surface area contributed by atoms with Gasteiger partial charge in [0.1, 0.15) is 5.82 Å². The first kappa shape index (κ1) is 10.4. The number of nitrogens with zero attached hydrogens (tertiary/aromatic N) is 1. The van der Waals surface area contributed by atoms with Gasteiger partial charge in [0.05, 0.1) is 22.4 Å². The minimum absolute atomic E-state index is 0.0306. The van der Waals surface area contributed by atoms with Crippen molar-refractivity contribution in [3.8, 4) is 0 Å². The van der Waals surface area contributed by atoms with E-state index < -0.39 is 10.7 Å². The monoisotopic (exact) mass is 267 g/mol. The minimum atomic E-state index is -0.661. The average Bonchev–Trinajstić information content (AvgIpc) is 2.02. The third-order valence-electron chi connectivity index (χ3n) is 1.47. The van der Waals surface area contributed by atoms with Crippen LogP contribution in [0.1, 0.15) is 5.56 Å². The second-order valence-corrected chi connectivity index (χ2v) is 3.40. The van der Waals surface area contributed by atoms with Gasteiger partial charge in [0.15, 0.2) is 0 Å². The van der Waals surface area contributed by atoms with E-state index >= 15 is 0 Å². The number of benzene rings is 1. The Morgan fingerprint density at radius 3 is 2.69 bits per heavy atom. The van der Waals surface area contributed by atoms with Gasteiger partial charge in [0.25, 0.3) is 5.69 Å². The van der Waals surface area contributed by atoms with Gasteiger partial charge in [-0.3, -0.25) is 10.1 Å². The summed E-state index contributed by atoms with van der Waals surface area (Å²) >= 11 is 8.47. The number of nitro benzene ring substituents is 1. The third-order valence-corrected chi connectivity index (χ3v) is 2.44. The fraction of sp³-hybridized carbons (Fsp3) is 0.143. The SMILES string of the molecule is O=[N+]([O-])c1cc(F)cc(Br)c1CCl. The zero-order valence-electron chi connectivity index (χ0n) is 6.26. The van der Waals surface area contributed by atoms with Gasteiger partial charge in [0.2, 0.25) is 0 Å². The summed E-state index contributed by atoms with van der Waals surface area (Å²) in [6.07, 6.45) is 0. The summed E-state index contributed by atoms with van der Waals surface area (Å²) in [6.45, 7) is 0. The van der Waals surface area contributed by atoms with E-state index in [9.17, 15) is 14.5 Å². The summed E-state index contributed by atoms with van der Waals surface area (Å²) in [6, 6.07) is 1.99. The summed E-state index contributed by atoms with van der Waals surface area (Å²) in [5.74, 6) is -0.690. The van der Waals surface area contributed by atoms with Crippen LogP contribution < -0.4 is 0 Å². The highest BCUT2D eigenvalue weighted by Crippen LogP contribution is 2.29. The van der Waals surface area contributed by atoms with Gasteiger partial charge in [-0.15, -0.1) is 11.6 Å². The Bertz CT molecular complexity index is 359. The van der Waals surface area contributed by atoms with Crippen molar-refractivity contribution >= 4 is 33.2 Å². The number of hydrogen-bond acceptors (Lipinski definition) is 2. The van der Waals surface area contributed by atoms with E-state index in [0.717, 1.165) is 12.1 Å². The largest absolute Gasteiger partial charge is 0.277 e. The highest BCUT2D eigenvalue weighted by Gasteiger charge is 2.17. The molecule has 0 aliphatic carbocycles. The van der Waals surface area contributed by atoms with Crippen molar-refractivity contribution in [2.24, 2.45) is 0 Å². The molecule has 0 aliphatic heterocycles. The molecule has 0 aliphatic rings. The van der Waals surface area contributed by atoms with E-state index in [1.54, 1.807) is 0 Å². The number of alkyl halides is 1. The summed E-state index contributed by atoms with van der Waals surface area (Å²) in [7, 11) is 0. The fourth-order valence-electron chi connectivity index (χ4n) is 0.885. The molecule has 0 atom stereocenters. The molecule has 0 unspecified atom stereocenters. The van der Waals surface area contributed by atoms with Crippen LogP contribution >= 0.6 is 27.5 Å². The molecule has 1 rings (SSSR count). The highest BCUT2D eigenvalue weighted by atomic mass is 79.9. The predicted octanol–water partition coefficient (Wildman–Crippen LogP) is 3.24. The van der Waals surface area contributed by atoms with E-state index in [2.05, 4.69) is 15.9 Å². The van der Waals surface area contributed by atoms with Crippen LogP contribution in [0, 0.1) is 15.9 Å². The van der Waals surface area contributed by atoms with Gasteiger partial charge in [-0.1, -0.05) is 15.9 Å². The molecular formula is C7H4BrClFNO2. The summed E-state index contributed by atoms with van der Waals surface area (Å²) in [5.41, 5.74) is -0.0186. The van der Waals surface area contributed by atoms with Gasteiger partial charge < -0.3 is 0 Å². The normalized spacial score (nSPS) is 10.1. The zero-order chi connectivity index (χ0) is 10.0. The van der Waals surface area contributed by atoms with Gasteiger partial charge in [-0.25, -0.2) is 4.39 Å². The first-order valence-electron chi connectivity index (χ1n) is 3.24. The molecule has 0 amide bonds. The maximum Gasteiger partial charge on any atom is 0.277 e. The Labute approximate surface area is 86.8 Å². The van der Waals surface area contributed by atoms with Crippen molar-refractivity contribution < 1.29 is 9.31 Å². The van der Waals surface area contributed by atoms with Gasteiger partial charge in [-0.2, -0.15) is 0 Å². The number of nitro groups is 1. The Balaban J connectivity index is 3.38. The van der Waals surface area contributed by atoms with Crippen molar-refractivity contribution in [3.63, 3.8) is 0 Å². The number of rotatable bonds is 2. The predicted molar refractivity (Wildman–Crippen MR) is 50.3 cm³/mol. The van der Waals surface area contributed by atoms with Crippen LogP contribution in [0.25, 0.3) is 0 Å². The molecule has 0 heterocycles. The molecule has 0 spiro atoms. The lowest BCUT2D eigenvalue weighted by molar-refractivity contribution is -0.385. The van der Waals surface area contributed by atoms with Crippen molar-refractivity contribution in [1.29, 1.82) is 0 Å². The van der Waals surface area contributed by atoms with Crippen LogP contribution in [-0.4, -0.2) is 4.92 Å². The van der Waals surface area contributed by atoms with E-state index in [4.69, 9.17) is 11.6 Å². The van der Waals surface area contributed by atoms with E-state index in [1.165, 1.54) is 0 Å². The molecule has 0 saturated heterocycles. The number of hydrogen-bond donors (Lipinski definition) is 0. The zero-order valence-corrected chi connectivity index (χ0v) is 8.60. The molecular weight excluding hydrogens is 264 g/mol. The molecule has 6 heteroatoms. The lowest BCUT2D eigenvalue weighted by atomic mass is 10.2. The standard InChI is InChI=1S/C7H4BrClFNO2/c8-6-1-4(10)2-7(11(12)13)5(6)3-9/h1-2H,3H2. The van der Waals surface area contributed by atoms with Crippen molar-refractivity contribution in [2.45, 2.75) is 5.88 Å². The van der Waals surface area contributed by atoms with Crippen LogP contribution in [0.5, 0.6) is 0 Å². The third kappa shape index (κ3) is 2.16. The maximum absolute atomic E-state index is 12.7. The Hall–Kier alpha value is -0.680. The molecule has 0 N–H and O–H groups in total. The van der Waals surface area contributed by atoms with Crippen molar-refractivity contribution in [1.82, 2.24) is 0 Å². The Morgan fingerprint density at radius 1 is 1.62 bits per heavy atom. The second kappa shape index (κ2) is 4.02. The van der Waals surface area contributed by atoms with Crippen LogP contribution in [0.15, 0.2) is 16.6 Å². The van der Waals surface area contributed by atoms with Crippen LogP contribution in [0.3, 0.4) is 0 Å². The minimum Gasteiger partial charge on any atom is -0.258 e. The molecule has 0 radical (unpaired) electrons. The molecule has 0 saturated carbocycles. The molecule has 3 nitrogen and oxygen atoms in total. The second-order valence-electron chi connectivity index (χ2n) is 2.28. The van der Waals surface area contributed by atoms with E-state index in [-0.39, 0.29) is 17.1 Å². The molecule has 1 aromatic carbocycles. The van der Waals surface area contributed by atoms with Crippen LogP contribution in [0.2, 0.25) is 0 Å². The topological polar surface area (TPSA) is 43.1 Å². The summed E-state index contributed by atoms with van der Waals surface area (Å²) < 4.78 is 13.0. The molecule has 0 aromatic heterocycles. The van der Waals surface area contributed by atoms with Crippen LogP contribution in [-0.2, 0) is 5.88 Å². The highest BCUT2D eigenvalue weighted by molar-refractivity contribution is 9.10. The lowest BCUT2D eigenvalue weighted by Gasteiger charge is -2.01. The first-order chi connectivity index (χ1) is 6.06. The van der Waals surface area contributed by atoms with Gasteiger partial charge >= 0.3 is 0 Å². The molecule has 13 heavy (non-hydrogen) atoms. The van der Waals surface area contributed by atoms with E-state index in [1.807, 2.05) is 0 Å². The maximum atomic E-state index is 12.7. The van der Waals surface area contributed by atoms with E-state index in [0.29, 0.717) is 4.47 Å². The quantitative estimate of drug-likeness (QED) is 0.469. The van der Waals surface area contributed by atoms with Crippen molar-refractivity contribution in [3.05, 3.63) is 38.1 Å². The fourth-order valence-corrected chi connectivity index (χ4v) is 1.89. The molecule has 1 aromatic rings. The summed E-state index contributed by atoms with van der Waals surface area (Å²) in [5, 5.41) is 10.4. The molecule has 0 bridgehead atoms. The smallest absolute Gasteiger partial charge is 0.258 e. The van der Waals surface area contributed by atoms with Crippen LogP contribution in [0.4, 0.5) is 10.1 Å². The average molecular weight is 268 g/mol. The molecule has 70 valence electrons. The first-order valence-corrected chi connectivity index (χ1v) is 4.57. The van der Waals surface area contributed by atoms with Crippen molar-refractivity contribution in [2.75, 3.05) is 0 Å². The Kier molecular flexibility index (Phi) is 3.22. The Morgan fingerprint density at radius 2 is 2.23 bits per heavy atom.